The maximum atomic E-state index is 13.1. The zero-order chi connectivity index (χ0) is 15.5. The van der Waals surface area contributed by atoms with Crippen LogP contribution in [0.4, 0.5) is 8.78 Å². The van der Waals surface area contributed by atoms with Crippen molar-refractivity contribution in [2.24, 2.45) is 11.7 Å². The van der Waals surface area contributed by atoms with Crippen molar-refractivity contribution in [2.45, 2.75) is 44.7 Å². The van der Waals surface area contributed by atoms with Crippen molar-refractivity contribution in [3.63, 3.8) is 0 Å². The Labute approximate surface area is 124 Å². The van der Waals surface area contributed by atoms with Crippen molar-refractivity contribution in [3.05, 3.63) is 35.4 Å². The summed E-state index contributed by atoms with van der Waals surface area (Å²) >= 11 is 0. The molecule has 1 aliphatic carbocycles. The summed E-state index contributed by atoms with van der Waals surface area (Å²) in [4.78, 5) is 14.0. The number of halogens is 2. The summed E-state index contributed by atoms with van der Waals surface area (Å²) in [6, 6.07) is 7.71. The van der Waals surface area contributed by atoms with Crippen molar-refractivity contribution in [1.82, 2.24) is 4.90 Å². The van der Waals surface area contributed by atoms with Gasteiger partial charge in [-0.3, -0.25) is 4.79 Å². The van der Waals surface area contributed by atoms with Gasteiger partial charge in [-0.1, -0.05) is 24.3 Å². The second-order valence-corrected chi connectivity index (χ2v) is 5.80. The lowest BCUT2D eigenvalue weighted by molar-refractivity contribution is -0.138. The topological polar surface area (TPSA) is 46.3 Å². The summed E-state index contributed by atoms with van der Waals surface area (Å²) in [7, 11) is 1.72. The summed E-state index contributed by atoms with van der Waals surface area (Å²) in [6.45, 7) is 0.896. The molecule has 3 nitrogen and oxygen atoms in total. The molecule has 1 aliphatic rings. The Kier molecular flexibility index (Phi) is 4.93. The molecule has 1 fully saturated rings. The van der Waals surface area contributed by atoms with Crippen LogP contribution in [-0.2, 0) is 17.9 Å². The molecule has 2 N–H and O–H groups in total. The lowest BCUT2D eigenvalue weighted by Gasteiger charge is -2.30. The summed E-state index contributed by atoms with van der Waals surface area (Å²) in [5, 5.41) is 0. The first-order valence-corrected chi connectivity index (χ1v) is 7.32. The lowest BCUT2D eigenvalue weighted by Crippen LogP contribution is -2.37. The first-order valence-electron chi connectivity index (χ1n) is 7.32. The third kappa shape index (κ3) is 4.00. The second-order valence-electron chi connectivity index (χ2n) is 5.80. The molecule has 0 saturated heterocycles. The van der Waals surface area contributed by atoms with E-state index in [1.165, 1.54) is 0 Å². The first kappa shape index (κ1) is 15.9. The van der Waals surface area contributed by atoms with E-state index in [1.54, 1.807) is 11.9 Å². The number of carbonyl (C=O) groups excluding carboxylic acids is 1. The molecule has 1 aromatic rings. The van der Waals surface area contributed by atoms with Gasteiger partial charge < -0.3 is 10.6 Å². The molecular weight excluding hydrogens is 274 g/mol. The van der Waals surface area contributed by atoms with Crippen LogP contribution in [0.2, 0.25) is 0 Å². The molecule has 1 saturated carbocycles. The van der Waals surface area contributed by atoms with Gasteiger partial charge in [0.25, 0.3) is 0 Å². The Hall–Kier alpha value is -1.49. The highest BCUT2D eigenvalue weighted by molar-refractivity contribution is 5.78. The minimum Gasteiger partial charge on any atom is -0.341 e. The minimum absolute atomic E-state index is 0.0441. The Balaban J connectivity index is 1.97. The number of rotatable bonds is 4. The molecule has 1 aromatic carbocycles. The maximum Gasteiger partial charge on any atom is 0.248 e. The fourth-order valence-corrected chi connectivity index (χ4v) is 2.84. The molecular formula is C16H22F2N2O. The quantitative estimate of drug-likeness (QED) is 0.928. The number of nitrogens with zero attached hydrogens (tertiary/aromatic N) is 1. The molecule has 1 amide bonds. The molecule has 5 heteroatoms. The summed E-state index contributed by atoms with van der Waals surface area (Å²) in [5.41, 5.74) is 7.71. The van der Waals surface area contributed by atoms with Crippen LogP contribution in [0.15, 0.2) is 24.3 Å². The highest BCUT2D eigenvalue weighted by Crippen LogP contribution is 2.36. The molecule has 0 atom stereocenters. The van der Waals surface area contributed by atoms with E-state index >= 15 is 0 Å². The predicted molar refractivity (Wildman–Crippen MR) is 77.7 cm³/mol. The fraction of sp³-hybridized carbons (Fsp3) is 0.562. The van der Waals surface area contributed by atoms with Crippen molar-refractivity contribution >= 4 is 5.91 Å². The summed E-state index contributed by atoms with van der Waals surface area (Å²) in [6.07, 6.45) is 0.177. The number of hydrogen-bond donors (Lipinski definition) is 1. The van der Waals surface area contributed by atoms with Gasteiger partial charge in [-0.25, -0.2) is 8.78 Å². The SMILES string of the molecule is CN(Cc1ccccc1CN)C(=O)C1CCC(F)(F)CC1. The Morgan fingerprint density at radius 3 is 2.43 bits per heavy atom. The summed E-state index contributed by atoms with van der Waals surface area (Å²) < 4.78 is 26.3. The van der Waals surface area contributed by atoms with Crippen molar-refractivity contribution < 1.29 is 13.6 Å². The van der Waals surface area contributed by atoms with Gasteiger partial charge in [-0.2, -0.15) is 0 Å². The number of nitrogens with two attached hydrogens (primary N) is 1. The number of benzene rings is 1. The highest BCUT2D eigenvalue weighted by atomic mass is 19.3. The first-order chi connectivity index (χ1) is 9.93. The van der Waals surface area contributed by atoms with Gasteiger partial charge in [0.1, 0.15) is 0 Å². The lowest BCUT2D eigenvalue weighted by atomic mass is 9.86. The van der Waals surface area contributed by atoms with Gasteiger partial charge in [0.05, 0.1) is 0 Å². The van der Waals surface area contributed by atoms with Crippen LogP contribution in [-0.4, -0.2) is 23.8 Å². The van der Waals surface area contributed by atoms with Crippen LogP contribution in [0.5, 0.6) is 0 Å². The Bertz CT molecular complexity index is 495. The highest BCUT2D eigenvalue weighted by Gasteiger charge is 2.38. The predicted octanol–water partition coefficient (Wildman–Crippen LogP) is 2.93. The third-order valence-corrected chi connectivity index (χ3v) is 4.19. The molecule has 0 radical (unpaired) electrons. The second kappa shape index (κ2) is 6.52. The third-order valence-electron chi connectivity index (χ3n) is 4.19. The largest absolute Gasteiger partial charge is 0.341 e. The standard InChI is InChI=1S/C16H22F2N2O/c1-20(11-14-5-3-2-4-13(14)10-19)15(21)12-6-8-16(17,18)9-7-12/h2-5,12H,6-11,19H2,1H3. The molecule has 0 heterocycles. The van der Waals surface area contributed by atoms with Crippen LogP contribution >= 0.6 is 0 Å². The Morgan fingerprint density at radius 2 is 1.86 bits per heavy atom. The monoisotopic (exact) mass is 296 g/mol. The van der Waals surface area contributed by atoms with E-state index in [1.807, 2.05) is 24.3 Å². The van der Waals surface area contributed by atoms with Crippen LogP contribution in [0.1, 0.15) is 36.8 Å². The van der Waals surface area contributed by atoms with E-state index in [9.17, 15) is 13.6 Å². The minimum atomic E-state index is -2.60. The zero-order valence-electron chi connectivity index (χ0n) is 12.3. The van der Waals surface area contributed by atoms with Crippen LogP contribution in [0.25, 0.3) is 0 Å². The molecule has 0 aromatic heterocycles. The number of amides is 1. The Morgan fingerprint density at radius 1 is 1.29 bits per heavy atom. The van der Waals surface area contributed by atoms with Gasteiger partial charge >= 0.3 is 0 Å². The molecule has 0 bridgehead atoms. The normalized spacial score (nSPS) is 18.5. The van der Waals surface area contributed by atoms with Gasteiger partial charge in [0, 0.05) is 38.9 Å². The summed E-state index contributed by atoms with van der Waals surface area (Å²) in [5.74, 6) is -2.92. The molecule has 0 unspecified atom stereocenters. The van der Waals surface area contributed by atoms with E-state index in [4.69, 9.17) is 5.73 Å². The maximum absolute atomic E-state index is 13.1. The van der Waals surface area contributed by atoms with E-state index in [-0.39, 0.29) is 37.5 Å². The molecule has 0 spiro atoms. The molecule has 21 heavy (non-hydrogen) atoms. The van der Waals surface area contributed by atoms with Gasteiger partial charge in [0.2, 0.25) is 11.8 Å². The van der Waals surface area contributed by atoms with Crippen molar-refractivity contribution in [1.29, 1.82) is 0 Å². The van der Waals surface area contributed by atoms with E-state index in [0.29, 0.717) is 13.1 Å². The molecule has 116 valence electrons. The van der Waals surface area contributed by atoms with E-state index in [0.717, 1.165) is 11.1 Å². The zero-order valence-corrected chi connectivity index (χ0v) is 12.3. The number of hydrogen-bond acceptors (Lipinski definition) is 2. The van der Waals surface area contributed by atoms with Crippen LogP contribution < -0.4 is 5.73 Å². The molecule has 2 rings (SSSR count). The fourth-order valence-electron chi connectivity index (χ4n) is 2.84. The van der Waals surface area contributed by atoms with Crippen molar-refractivity contribution in [2.75, 3.05) is 7.05 Å². The smallest absolute Gasteiger partial charge is 0.248 e. The van der Waals surface area contributed by atoms with Crippen LogP contribution in [0, 0.1) is 5.92 Å². The van der Waals surface area contributed by atoms with E-state index in [2.05, 4.69) is 0 Å². The van der Waals surface area contributed by atoms with E-state index < -0.39 is 5.92 Å². The van der Waals surface area contributed by atoms with Crippen LogP contribution in [0.3, 0.4) is 0 Å². The average molecular weight is 296 g/mol. The van der Waals surface area contributed by atoms with Gasteiger partial charge in [0.15, 0.2) is 0 Å². The average Bonchev–Trinajstić information content (AvgIpc) is 2.47. The van der Waals surface area contributed by atoms with Gasteiger partial charge in [-0.15, -0.1) is 0 Å². The number of carbonyl (C=O) groups is 1. The van der Waals surface area contributed by atoms with Gasteiger partial charge in [-0.05, 0) is 24.0 Å². The molecule has 0 aliphatic heterocycles. The van der Waals surface area contributed by atoms with Crippen molar-refractivity contribution in [3.8, 4) is 0 Å². The number of alkyl halides is 2.